The predicted octanol–water partition coefficient (Wildman–Crippen LogP) is 2.01. The lowest BCUT2D eigenvalue weighted by Crippen LogP contribution is -2.46. The molecule has 0 atom stereocenters. The van der Waals surface area contributed by atoms with Crippen molar-refractivity contribution in [2.24, 2.45) is 5.41 Å². The molecule has 0 bridgehead atoms. The Morgan fingerprint density at radius 1 is 1.00 bits per heavy atom. The summed E-state index contributed by atoms with van der Waals surface area (Å²) < 4.78 is 0. The van der Waals surface area contributed by atoms with Crippen molar-refractivity contribution in [2.45, 2.75) is 46.6 Å². The van der Waals surface area contributed by atoms with Crippen molar-refractivity contribution in [1.29, 1.82) is 0 Å². The van der Waals surface area contributed by atoms with Gasteiger partial charge in [0.2, 0.25) is 0 Å². The highest BCUT2D eigenvalue weighted by atomic mass is 15.0. The molecule has 0 aromatic heterocycles. The zero-order valence-corrected chi connectivity index (χ0v) is 10.1. The monoisotopic (exact) mass is 186 g/mol. The van der Waals surface area contributed by atoms with Gasteiger partial charge in [-0.15, -0.1) is 0 Å². The van der Waals surface area contributed by atoms with Crippen molar-refractivity contribution in [3.05, 3.63) is 0 Å². The van der Waals surface area contributed by atoms with Gasteiger partial charge in [-0.25, -0.2) is 0 Å². The molecule has 80 valence electrons. The Morgan fingerprint density at radius 2 is 1.54 bits per heavy atom. The standard InChI is InChI=1S/C11H26N2/c1-10(2,3)7-8-13-9-11(4,5)12-6/h12-13H,7-9H2,1-6H3. The molecule has 0 spiro atoms. The van der Waals surface area contributed by atoms with Gasteiger partial charge in [0.25, 0.3) is 0 Å². The van der Waals surface area contributed by atoms with E-state index in [-0.39, 0.29) is 5.54 Å². The molecule has 0 saturated carbocycles. The molecule has 0 aromatic rings. The topological polar surface area (TPSA) is 24.1 Å². The second kappa shape index (κ2) is 4.97. The first-order chi connectivity index (χ1) is 5.77. The van der Waals surface area contributed by atoms with Crippen molar-refractivity contribution in [1.82, 2.24) is 10.6 Å². The zero-order valence-electron chi connectivity index (χ0n) is 10.1. The van der Waals surface area contributed by atoms with Crippen LogP contribution in [0.5, 0.6) is 0 Å². The van der Waals surface area contributed by atoms with Crippen molar-refractivity contribution in [2.75, 3.05) is 20.1 Å². The normalized spacial score (nSPS) is 13.4. The average molecular weight is 186 g/mol. The minimum Gasteiger partial charge on any atom is -0.315 e. The fourth-order valence-electron chi connectivity index (χ4n) is 0.953. The van der Waals surface area contributed by atoms with Crippen LogP contribution in [0.1, 0.15) is 41.0 Å². The van der Waals surface area contributed by atoms with E-state index in [1.54, 1.807) is 0 Å². The molecule has 0 radical (unpaired) electrons. The van der Waals surface area contributed by atoms with Gasteiger partial charge in [-0.05, 0) is 39.3 Å². The van der Waals surface area contributed by atoms with Crippen molar-refractivity contribution in [3.63, 3.8) is 0 Å². The Balaban J connectivity index is 3.47. The van der Waals surface area contributed by atoms with Crippen LogP contribution in [0.3, 0.4) is 0 Å². The average Bonchev–Trinajstić information content (AvgIpc) is 1.97. The summed E-state index contributed by atoms with van der Waals surface area (Å²) >= 11 is 0. The van der Waals surface area contributed by atoms with Crippen LogP contribution in [0, 0.1) is 5.41 Å². The lowest BCUT2D eigenvalue weighted by Gasteiger charge is -2.25. The Morgan fingerprint density at radius 3 is 1.92 bits per heavy atom. The summed E-state index contributed by atoms with van der Waals surface area (Å²) in [6.45, 7) is 13.4. The third-order valence-corrected chi connectivity index (χ3v) is 2.30. The van der Waals surface area contributed by atoms with Crippen molar-refractivity contribution in [3.8, 4) is 0 Å². The van der Waals surface area contributed by atoms with E-state index in [1.807, 2.05) is 7.05 Å². The first-order valence-corrected chi connectivity index (χ1v) is 5.16. The van der Waals surface area contributed by atoms with Gasteiger partial charge in [0.1, 0.15) is 0 Å². The summed E-state index contributed by atoms with van der Waals surface area (Å²) in [6, 6.07) is 0. The van der Waals surface area contributed by atoms with Gasteiger partial charge in [0, 0.05) is 12.1 Å². The lowest BCUT2D eigenvalue weighted by molar-refractivity contribution is 0.341. The molecular weight excluding hydrogens is 160 g/mol. The maximum absolute atomic E-state index is 3.47. The molecule has 0 aliphatic rings. The van der Waals surface area contributed by atoms with Gasteiger partial charge in [-0.1, -0.05) is 20.8 Å². The first-order valence-electron chi connectivity index (χ1n) is 5.16. The predicted molar refractivity (Wildman–Crippen MR) is 60.1 cm³/mol. The van der Waals surface area contributed by atoms with Crippen molar-refractivity contribution >= 4 is 0 Å². The highest BCUT2D eigenvalue weighted by Gasteiger charge is 2.14. The van der Waals surface area contributed by atoms with E-state index in [1.165, 1.54) is 6.42 Å². The van der Waals surface area contributed by atoms with Gasteiger partial charge in [-0.2, -0.15) is 0 Å². The summed E-state index contributed by atoms with van der Waals surface area (Å²) in [7, 11) is 2.01. The van der Waals surface area contributed by atoms with Crippen LogP contribution in [0.4, 0.5) is 0 Å². The molecular formula is C11H26N2. The molecule has 2 N–H and O–H groups in total. The third-order valence-electron chi connectivity index (χ3n) is 2.30. The van der Waals surface area contributed by atoms with Crippen LogP contribution in [0.15, 0.2) is 0 Å². The van der Waals surface area contributed by atoms with E-state index < -0.39 is 0 Å². The van der Waals surface area contributed by atoms with E-state index in [2.05, 4.69) is 45.3 Å². The molecule has 0 aliphatic heterocycles. The summed E-state index contributed by atoms with van der Waals surface area (Å²) in [5.41, 5.74) is 0.647. The Kier molecular flexibility index (Phi) is 4.93. The smallest absolute Gasteiger partial charge is 0.0246 e. The third kappa shape index (κ3) is 8.26. The van der Waals surface area contributed by atoms with Gasteiger partial charge in [-0.3, -0.25) is 0 Å². The second-order valence-corrected chi connectivity index (χ2v) is 5.62. The number of rotatable bonds is 5. The summed E-state index contributed by atoms with van der Waals surface area (Å²) in [6.07, 6.45) is 1.23. The molecule has 0 aliphatic carbocycles. The van der Waals surface area contributed by atoms with Gasteiger partial charge < -0.3 is 10.6 Å². The largest absolute Gasteiger partial charge is 0.315 e. The maximum Gasteiger partial charge on any atom is 0.0246 e. The molecule has 2 nitrogen and oxygen atoms in total. The lowest BCUT2D eigenvalue weighted by atomic mass is 9.92. The van der Waals surface area contributed by atoms with Crippen LogP contribution in [-0.2, 0) is 0 Å². The number of nitrogens with one attached hydrogen (secondary N) is 2. The second-order valence-electron chi connectivity index (χ2n) is 5.62. The first kappa shape index (κ1) is 12.9. The van der Waals surface area contributed by atoms with E-state index in [9.17, 15) is 0 Å². The van der Waals surface area contributed by atoms with Gasteiger partial charge >= 0.3 is 0 Å². The molecule has 0 rings (SSSR count). The molecule has 0 fully saturated rings. The highest BCUT2D eigenvalue weighted by molar-refractivity contribution is 4.78. The van der Waals surface area contributed by atoms with E-state index in [4.69, 9.17) is 0 Å². The fraction of sp³-hybridized carbons (Fsp3) is 1.00. The van der Waals surface area contributed by atoms with Crippen LogP contribution >= 0.6 is 0 Å². The van der Waals surface area contributed by atoms with Gasteiger partial charge in [0.05, 0.1) is 0 Å². The van der Waals surface area contributed by atoms with E-state index in [0.717, 1.165) is 13.1 Å². The Labute approximate surface area is 83.5 Å². The van der Waals surface area contributed by atoms with Crippen LogP contribution in [0.2, 0.25) is 0 Å². The summed E-state index contributed by atoms with van der Waals surface area (Å²) in [4.78, 5) is 0. The number of hydrogen-bond donors (Lipinski definition) is 2. The van der Waals surface area contributed by atoms with E-state index in [0.29, 0.717) is 5.41 Å². The van der Waals surface area contributed by atoms with E-state index >= 15 is 0 Å². The molecule has 0 heterocycles. The summed E-state index contributed by atoms with van der Waals surface area (Å²) in [5.74, 6) is 0. The minimum atomic E-state index is 0.206. The number of hydrogen-bond acceptors (Lipinski definition) is 2. The molecule has 0 amide bonds. The van der Waals surface area contributed by atoms with Crippen LogP contribution < -0.4 is 10.6 Å². The number of likely N-dealkylation sites (N-methyl/N-ethyl adjacent to an activating group) is 1. The molecule has 2 heteroatoms. The molecule has 0 saturated heterocycles. The van der Waals surface area contributed by atoms with Crippen LogP contribution in [-0.4, -0.2) is 25.7 Å². The molecule has 13 heavy (non-hydrogen) atoms. The molecule has 0 aromatic carbocycles. The van der Waals surface area contributed by atoms with Gasteiger partial charge in [0.15, 0.2) is 0 Å². The fourth-order valence-corrected chi connectivity index (χ4v) is 0.953. The quantitative estimate of drug-likeness (QED) is 0.642. The van der Waals surface area contributed by atoms with Crippen LogP contribution in [0.25, 0.3) is 0 Å². The minimum absolute atomic E-state index is 0.206. The Bertz CT molecular complexity index is 134. The van der Waals surface area contributed by atoms with Crippen molar-refractivity contribution < 1.29 is 0 Å². The highest BCUT2D eigenvalue weighted by Crippen LogP contribution is 2.16. The Hall–Kier alpha value is -0.0800. The SMILES string of the molecule is CNC(C)(C)CNCCC(C)(C)C. The molecule has 0 unspecified atom stereocenters. The summed E-state index contributed by atoms with van der Waals surface area (Å²) in [5, 5.41) is 6.75. The maximum atomic E-state index is 3.47. The zero-order chi connectivity index (χ0) is 10.5.